The molecule has 0 spiro atoms. The monoisotopic (exact) mass is 2080 g/mol. The van der Waals surface area contributed by atoms with Gasteiger partial charge in [-0.2, -0.15) is 0 Å². The number of alkyl halides is 1. The van der Waals surface area contributed by atoms with Crippen LogP contribution in [-0.2, 0) is 85.8 Å². The summed E-state index contributed by atoms with van der Waals surface area (Å²) in [5.74, 6) is -6.76. The van der Waals surface area contributed by atoms with Crippen LogP contribution in [0.15, 0.2) is 60.9 Å². The Balaban J connectivity index is 0.000000325. The topological polar surface area (TPSA) is 566 Å². The molecule has 6 saturated heterocycles. The van der Waals surface area contributed by atoms with Crippen LogP contribution >= 0.6 is 0 Å². The van der Waals surface area contributed by atoms with Gasteiger partial charge in [0.05, 0.1) is 117 Å². The highest BCUT2D eigenvalue weighted by Crippen LogP contribution is 2.45. The van der Waals surface area contributed by atoms with Crippen molar-refractivity contribution < 1.29 is 141 Å². The number of methoxy groups -OCH3 is 2. The van der Waals surface area contributed by atoms with E-state index in [0.29, 0.717) is 75.4 Å². The third-order valence-electron chi connectivity index (χ3n) is 31.2. The number of nitro benzene ring substituents is 2. The first-order chi connectivity index (χ1) is 68.2. The first-order valence-corrected chi connectivity index (χ1v) is 51.2. The van der Waals surface area contributed by atoms with Crippen LogP contribution in [0.2, 0.25) is 0 Å². The number of halogens is 1. The smallest absolute Gasteiger partial charge is 0.311 e. The largest absolute Gasteiger partial charge is 0.459 e. The second-order valence-electron chi connectivity index (χ2n) is 43.4. The Morgan fingerprint density at radius 3 is 1.29 bits per heavy atom. The van der Waals surface area contributed by atoms with Crippen molar-refractivity contribution in [3.8, 4) is 0 Å². The molecule has 828 valence electrons. The molecule has 2 aromatic heterocycles. The molecule has 0 aliphatic carbocycles. The second-order valence-corrected chi connectivity index (χ2v) is 43.4. The molecule has 6 aliphatic heterocycles. The summed E-state index contributed by atoms with van der Waals surface area (Å²) in [7, 11) is 10.3. The molecule has 37 atom stereocenters. The number of non-ortho nitro benzene ring substituents is 2. The molecule has 0 radical (unpaired) electrons. The van der Waals surface area contributed by atoms with E-state index in [1.54, 1.807) is 114 Å². The Morgan fingerprint density at radius 1 is 0.548 bits per heavy atom. The van der Waals surface area contributed by atoms with E-state index in [9.17, 15) is 94.9 Å². The quantitative estimate of drug-likeness (QED) is 0.0170. The zero-order valence-electron chi connectivity index (χ0n) is 89.8. The van der Waals surface area contributed by atoms with E-state index in [1.807, 2.05) is 75.5 Å². The first-order valence-electron chi connectivity index (χ1n) is 51.2. The van der Waals surface area contributed by atoms with E-state index >= 15 is 0 Å². The maximum atomic E-state index is 14.5. The van der Waals surface area contributed by atoms with Crippen molar-refractivity contribution in [1.29, 1.82) is 0 Å². The van der Waals surface area contributed by atoms with Crippen molar-refractivity contribution in [3.05, 3.63) is 104 Å². The number of carbonyl (C=O) groups is 4. The average Bonchev–Trinajstić information content (AvgIpc) is 0.976. The third kappa shape index (κ3) is 30.3. The lowest BCUT2D eigenvalue weighted by atomic mass is 9.77. The third-order valence-corrected chi connectivity index (χ3v) is 31.2. The van der Waals surface area contributed by atoms with Gasteiger partial charge in [0, 0.05) is 163 Å². The number of cyclic esters (lactones) is 2. The van der Waals surface area contributed by atoms with Crippen molar-refractivity contribution in [2.45, 2.75) is 396 Å². The fourth-order valence-corrected chi connectivity index (χ4v) is 21.8. The molecule has 8 heterocycles. The van der Waals surface area contributed by atoms with Gasteiger partial charge in [-0.15, -0.1) is 10.2 Å². The van der Waals surface area contributed by atoms with Crippen LogP contribution in [0.4, 0.5) is 15.8 Å². The summed E-state index contributed by atoms with van der Waals surface area (Å²) in [6.45, 7) is 35.7. The van der Waals surface area contributed by atoms with Crippen molar-refractivity contribution in [2.75, 3.05) is 88.4 Å². The molecule has 146 heavy (non-hydrogen) atoms. The molecule has 6 fully saturated rings. The lowest BCUT2D eigenvalue weighted by Crippen LogP contribution is -2.61. The van der Waals surface area contributed by atoms with Crippen LogP contribution in [0.25, 0.3) is 0 Å². The number of nitrogens with zero attached hydrogens (tertiary/aromatic N) is 12. The van der Waals surface area contributed by atoms with Gasteiger partial charge in [-0.1, -0.05) is 52.0 Å². The molecule has 0 saturated carbocycles. The molecule has 4 aromatic rings. The van der Waals surface area contributed by atoms with Crippen molar-refractivity contribution in [2.24, 2.45) is 35.5 Å². The summed E-state index contributed by atoms with van der Waals surface area (Å²) in [4.78, 5) is 82.9. The van der Waals surface area contributed by atoms with Gasteiger partial charge < -0.3 is 138 Å². The Morgan fingerprint density at radius 2 is 0.925 bits per heavy atom. The number of ether oxygens (including phenoxy) is 12. The Kier molecular flexibility index (Phi) is 43.5. The van der Waals surface area contributed by atoms with Crippen molar-refractivity contribution >= 4 is 35.1 Å². The molecule has 12 N–H and O–H groups in total. The number of benzene rings is 2. The highest BCUT2D eigenvalue weighted by molar-refractivity contribution is 5.95. The molecule has 6 aliphatic rings. The standard InChI is InChI=1S/C51H84FN7O15.C50H83N7O15/c1-14-39-51(10,66)43(61)32(6)57(12)26-28(2)22-49(8,65)45(30(4)42(31(5)47(64)72-39)73-40-23-50(9,69-13)44(62)33(7)71-40)74-48-41(60)38(21-29(3)70-48)56(11)20-19-35-27-58(55-54-35)37(24-52)25-53-46(63)34-15-17-36(18-16-34)59(67)68;1-14-38-50(10,64)42(59)32(6)55(12)26-28(2)24-48(8,63)44(30(4)41(31(5)46(62)70-38)71-39-25-49(9,67-13)43(60)33(7)69-39)72-47-40(58)37(23-29(3)68-47)54(11)21-19-35-27-56(53-52-35)22-20-51-45(61)34-15-17-36(18-16-34)57(65)66/h15-18,27-33,37-45,48,60-62,65-66H,14,19-26H2,1-13H3,(H,53,63);15-18,27-33,37-44,47,58-60,63-64H,14,19-26H2,1-13H3,(H,51,61)/t28-,29-,30+,31-,32-,33+,37?,38+,39-,40+,41-,42+,43-,44+,45-,48+,49-,50-,51-;28-,29-,30+,31-,32-,33+,37+,38-,39+,40-,41+,42-,43+,44-,47+,48-,49-,50-/m11/s1. The summed E-state index contributed by atoms with van der Waals surface area (Å²) >= 11 is 0. The van der Waals surface area contributed by atoms with Gasteiger partial charge in [0.1, 0.15) is 66.7 Å². The zero-order valence-corrected chi connectivity index (χ0v) is 89.8. The van der Waals surface area contributed by atoms with Crippen molar-refractivity contribution in [3.63, 3.8) is 0 Å². The van der Waals surface area contributed by atoms with Crippen LogP contribution in [0.3, 0.4) is 0 Å². The van der Waals surface area contributed by atoms with E-state index in [2.05, 4.69) is 31.3 Å². The lowest BCUT2D eigenvalue weighted by molar-refractivity contribution is -0.385. The van der Waals surface area contributed by atoms with Crippen LogP contribution in [0, 0.1) is 55.7 Å². The number of amides is 2. The number of nitro groups is 2. The number of hydrogen-bond acceptors (Lipinski definition) is 38. The summed E-state index contributed by atoms with van der Waals surface area (Å²) < 4.78 is 93.5. The number of aliphatic hydroxyl groups is 10. The minimum absolute atomic E-state index is 0.0642. The first kappa shape index (κ1) is 122. The molecule has 0 bridgehead atoms. The SMILES string of the molecule is CC[C@H]1OC(=O)[C@H](C)[C@@H](O[C@H]2C[C@@](C)(OC)[C@@H](O)[C@H](C)O2)[C@H](C)[C@@H](O[C@@H]2O[C@H](C)C[C@H](N(C)CCc3cn(C(CF)CNC(=O)c4ccc([N+](=O)[O-])cc4)nn3)[C@H]2O)[C@](C)(O)C[C@@H](C)CN(C)[C@H](C)[C@@H](O)[C@]1(C)O.CC[C@H]1OC(=O)[C@H](C)[C@@H](O[C@H]2C[C@@](C)(OC)[C@@H](O)[C@H](C)O2)[C@H](C)[C@@H](O[C@@H]2O[C@H](C)C[C@H](N(C)CCc3cn(CCNC(=O)c4ccc([N+](=O)[O-])cc4)nn3)[C@H]2O)[C@](C)(O)C[C@@H](C)CN(C)[C@H](C)[C@@H](O)[C@]1(C)O. The molecular formula is C101H167FN14O30. The number of nitrogens with one attached hydrogen (secondary N) is 2. The minimum Gasteiger partial charge on any atom is -0.459 e. The number of aromatic nitrogens is 6. The number of hydrogen-bond donors (Lipinski definition) is 12. The molecule has 2 amide bonds. The lowest BCUT2D eigenvalue weighted by Gasteiger charge is -2.49. The molecule has 10 rings (SSSR count). The average molecular weight is 2080 g/mol. The zero-order chi connectivity index (χ0) is 109. The fourth-order valence-electron chi connectivity index (χ4n) is 21.8. The van der Waals surface area contributed by atoms with E-state index in [-0.39, 0.29) is 86.3 Å². The van der Waals surface area contributed by atoms with Gasteiger partial charge in [-0.25, -0.2) is 9.07 Å². The predicted octanol–water partition coefficient (Wildman–Crippen LogP) is 5.40. The van der Waals surface area contributed by atoms with Crippen LogP contribution in [0.5, 0.6) is 0 Å². The predicted molar refractivity (Wildman–Crippen MR) is 530 cm³/mol. The van der Waals surface area contributed by atoms with E-state index in [1.165, 1.54) is 81.3 Å². The molecule has 2 aromatic carbocycles. The van der Waals surface area contributed by atoms with Gasteiger partial charge in [0.15, 0.2) is 25.2 Å². The van der Waals surface area contributed by atoms with Gasteiger partial charge in [0.25, 0.3) is 23.2 Å². The van der Waals surface area contributed by atoms with E-state index in [0.717, 1.165) is 0 Å². The van der Waals surface area contributed by atoms with E-state index in [4.69, 9.17) is 56.8 Å². The number of carbonyl (C=O) groups excluding carboxylic acids is 4. The Labute approximate surface area is 856 Å². The number of esters is 2. The van der Waals surface area contributed by atoms with E-state index < -0.39 is 245 Å². The Hall–Kier alpha value is -7.63. The number of likely N-dealkylation sites (N-methyl/N-ethyl adjacent to an activating group) is 4. The maximum Gasteiger partial charge on any atom is 0.311 e. The summed E-state index contributed by atoms with van der Waals surface area (Å²) in [6.07, 6.45) is -15.1. The molecule has 1 unspecified atom stereocenters. The van der Waals surface area contributed by atoms with Gasteiger partial charge in [-0.05, 0) is 200 Å². The number of aliphatic hydroxyl groups excluding tert-OH is 6. The Bertz CT molecular complexity index is 4800. The molecule has 44 nitrogen and oxygen atoms in total. The van der Waals surface area contributed by atoms with Crippen LogP contribution in [0.1, 0.15) is 228 Å². The van der Waals surface area contributed by atoms with Gasteiger partial charge in [-0.3, -0.25) is 44.1 Å². The summed E-state index contributed by atoms with van der Waals surface area (Å²) in [5, 5.41) is 163. The summed E-state index contributed by atoms with van der Waals surface area (Å²) in [6, 6.07) is 7.29. The van der Waals surface area contributed by atoms with Gasteiger partial charge >= 0.3 is 11.9 Å². The van der Waals surface area contributed by atoms with Crippen molar-refractivity contribution in [1.82, 2.24) is 60.2 Å². The maximum absolute atomic E-state index is 14.5. The van der Waals surface area contributed by atoms with Gasteiger partial charge in [0.2, 0.25) is 0 Å². The molecular weight excluding hydrogens is 1910 g/mol. The van der Waals surface area contributed by atoms with Crippen LogP contribution < -0.4 is 10.6 Å². The number of rotatable bonds is 31. The molecule has 45 heteroatoms. The minimum atomic E-state index is -1.87. The second kappa shape index (κ2) is 52.1. The highest BCUT2D eigenvalue weighted by atomic mass is 19.1. The summed E-state index contributed by atoms with van der Waals surface area (Å²) in [5.41, 5.74) is -7.86. The fraction of sp³-hybridized carbons (Fsp3) is 0.802. The normalized spacial score (nSPS) is 38.8. The van der Waals surface area contributed by atoms with Crippen LogP contribution in [-0.4, -0.2) is 403 Å². The highest BCUT2D eigenvalue weighted by Gasteiger charge is 2.57.